The lowest BCUT2D eigenvalue weighted by molar-refractivity contribution is 0.681. The molecule has 0 radical (unpaired) electrons. The van der Waals surface area contributed by atoms with E-state index in [2.05, 4.69) is 10.3 Å². The maximum atomic E-state index is 11.7. The normalized spacial score (nSPS) is 9.12. The van der Waals surface area contributed by atoms with Gasteiger partial charge in [-0.2, -0.15) is 9.07 Å². The highest BCUT2D eigenvalue weighted by Gasteiger charge is 1.93. The van der Waals surface area contributed by atoms with Gasteiger partial charge in [0.05, 0.1) is 12.4 Å². The largest absolute Gasteiger partial charge is 0.303 e. The first-order chi connectivity index (χ1) is 3.80. The topological polar surface area (TPSA) is 54.6 Å². The lowest BCUT2D eigenvalue weighted by Crippen LogP contribution is -2.03. The molecule has 0 saturated carbocycles. The molecule has 0 fully saturated rings. The molecule has 1 rings (SSSR count). The van der Waals surface area contributed by atoms with Crippen molar-refractivity contribution in [2.75, 3.05) is 0 Å². The van der Waals surface area contributed by atoms with Gasteiger partial charge in [-0.3, -0.25) is 5.41 Å². The van der Waals surface area contributed by atoms with E-state index < -0.39 is 6.09 Å². The molecule has 0 atom stereocenters. The molecule has 1 N–H and O–H groups in total. The van der Waals surface area contributed by atoms with E-state index in [1.54, 1.807) is 0 Å². The second-order valence-electron chi connectivity index (χ2n) is 1.14. The van der Waals surface area contributed by atoms with Gasteiger partial charge in [-0.25, -0.2) is 0 Å². The lowest BCUT2D eigenvalue weighted by atomic mass is 10.9. The van der Waals surface area contributed by atoms with Crippen molar-refractivity contribution in [2.24, 2.45) is 0 Å². The van der Waals surface area contributed by atoms with E-state index in [9.17, 15) is 4.39 Å². The van der Waals surface area contributed by atoms with E-state index in [4.69, 9.17) is 5.41 Å². The van der Waals surface area contributed by atoms with Gasteiger partial charge in [0.15, 0.2) is 0 Å². The fourth-order valence-corrected chi connectivity index (χ4v) is 0.313. The van der Waals surface area contributed by atoms with E-state index >= 15 is 0 Å². The van der Waals surface area contributed by atoms with Gasteiger partial charge in [-0.15, -0.1) is 5.10 Å². The Balaban J connectivity index is 2.93. The molecule has 8 heavy (non-hydrogen) atoms. The molecule has 1 heterocycles. The molecule has 0 aliphatic carbocycles. The first-order valence-corrected chi connectivity index (χ1v) is 1.91. The van der Waals surface area contributed by atoms with E-state index in [-0.39, 0.29) is 0 Å². The van der Waals surface area contributed by atoms with Gasteiger partial charge in [0.25, 0.3) is 0 Å². The SMILES string of the molecule is N=C(F)n1ccnn1. The fraction of sp³-hybridized carbons (Fsp3) is 0. The van der Waals surface area contributed by atoms with Gasteiger partial charge in [0.2, 0.25) is 0 Å². The van der Waals surface area contributed by atoms with Gasteiger partial charge >= 0.3 is 6.09 Å². The first kappa shape index (κ1) is 4.89. The third-order valence-corrected chi connectivity index (χ3v) is 0.624. The highest BCUT2D eigenvalue weighted by atomic mass is 19.1. The molecule has 0 amide bonds. The van der Waals surface area contributed by atoms with Crippen molar-refractivity contribution in [1.29, 1.82) is 5.41 Å². The molecule has 0 aromatic carbocycles. The average Bonchev–Trinajstić information content (AvgIpc) is 2.12. The van der Waals surface area contributed by atoms with Gasteiger partial charge in [-0.1, -0.05) is 5.21 Å². The summed E-state index contributed by atoms with van der Waals surface area (Å²) in [5, 5.41) is 12.8. The van der Waals surface area contributed by atoms with Gasteiger partial charge in [-0.05, 0) is 0 Å². The smallest absolute Gasteiger partial charge is 0.257 e. The predicted octanol–water partition coefficient (Wildman–Crippen LogP) is 0.0305. The maximum Gasteiger partial charge on any atom is 0.303 e. The number of aromatic nitrogens is 3. The first-order valence-electron chi connectivity index (χ1n) is 1.91. The Hall–Kier alpha value is -1.26. The summed E-state index contributed by atoms with van der Waals surface area (Å²) >= 11 is 0. The van der Waals surface area contributed by atoms with Crippen LogP contribution >= 0.6 is 0 Å². The van der Waals surface area contributed by atoms with E-state index in [0.29, 0.717) is 0 Å². The highest BCUT2D eigenvalue weighted by molar-refractivity contribution is 5.69. The monoisotopic (exact) mass is 114 g/mol. The van der Waals surface area contributed by atoms with Crippen molar-refractivity contribution < 1.29 is 4.39 Å². The Kier molecular flexibility index (Phi) is 1.03. The summed E-state index contributed by atoms with van der Waals surface area (Å²) in [4.78, 5) is 0. The standard InChI is InChI=1S/C3H3FN4/c4-3(5)8-2-1-6-7-8/h1-2,5H. The van der Waals surface area contributed by atoms with Crippen LogP contribution in [0.2, 0.25) is 0 Å². The zero-order valence-corrected chi connectivity index (χ0v) is 3.87. The average molecular weight is 114 g/mol. The molecular weight excluding hydrogens is 111 g/mol. The van der Waals surface area contributed by atoms with Crippen LogP contribution in [-0.2, 0) is 0 Å². The molecule has 0 aliphatic heterocycles. The maximum absolute atomic E-state index is 11.7. The number of rotatable bonds is 0. The Morgan fingerprint density at radius 1 is 1.75 bits per heavy atom. The molecule has 0 unspecified atom stereocenters. The summed E-state index contributed by atoms with van der Waals surface area (Å²) in [6, 6.07) is 0. The third kappa shape index (κ3) is 0.699. The Bertz CT molecular complexity index is 179. The Labute approximate surface area is 44.4 Å². The van der Waals surface area contributed by atoms with Crippen LogP contribution in [0.4, 0.5) is 4.39 Å². The van der Waals surface area contributed by atoms with Crippen molar-refractivity contribution in [1.82, 2.24) is 15.0 Å². The molecular formula is C3H3FN4. The van der Waals surface area contributed by atoms with Gasteiger partial charge in [0, 0.05) is 0 Å². The van der Waals surface area contributed by atoms with E-state index in [1.165, 1.54) is 12.4 Å². The molecule has 0 saturated heterocycles. The van der Waals surface area contributed by atoms with Crippen molar-refractivity contribution in [3.05, 3.63) is 12.4 Å². The minimum absolute atomic E-state index is 0.722. The number of halogens is 1. The molecule has 0 spiro atoms. The van der Waals surface area contributed by atoms with Crippen LogP contribution in [0, 0.1) is 5.41 Å². The number of hydrogen-bond donors (Lipinski definition) is 1. The molecule has 1 aromatic rings. The van der Waals surface area contributed by atoms with Crippen molar-refractivity contribution >= 4 is 6.09 Å². The molecule has 4 nitrogen and oxygen atoms in total. The van der Waals surface area contributed by atoms with Gasteiger partial charge in [0.1, 0.15) is 0 Å². The Morgan fingerprint density at radius 3 is 2.75 bits per heavy atom. The highest BCUT2D eigenvalue weighted by Crippen LogP contribution is 1.79. The number of nitrogens with zero attached hydrogens (tertiary/aromatic N) is 3. The van der Waals surface area contributed by atoms with Crippen LogP contribution in [0.25, 0.3) is 0 Å². The second kappa shape index (κ2) is 1.69. The van der Waals surface area contributed by atoms with Crippen LogP contribution in [0.1, 0.15) is 0 Å². The molecule has 42 valence electrons. The summed E-state index contributed by atoms with van der Waals surface area (Å²) in [5.74, 6) is 0. The minimum atomic E-state index is -1.12. The van der Waals surface area contributed by atoms with Crippen LogP contribution < -0.4 is 0 Å². The quantitative estimate of drug-likeness (QED) is 0.382. The molecule has 1 aromatic heterocycles. The molecule has 0 aliphatic rings. The molecule has 5 heteroatoms. The van der Waals surface area contributed by atoms with Gasteiger partial charge < -0.3 is 0 Å². The van der Waals surface area contributed by atoms with Crippen molar-refractivity contribution in [3.8, 4) is 0 Å². The van der Waals surface area contributed by atoms with Crippen LogP contribution in [0.5, 0.6) is 0 Å². The summed E-state index contributed by atoms with van der Waals surface area (Å²) in [5.41, 5.74) is 0. The van der Waals surface area contributed by atoms with Crippen molar-refractivity contribution in [3.63, 3.8) is 0 Å². The predicted molar refractivity (Wildman–Crippen MR) is 24.3 cm³/mol. The summed E-state index contributed by atoms with van der Waals surface area (Å²) in [7, 11) is 0. The van der Waals surface area contributed by atoms with Crippen molar-refractivity contribution in [2.45, 2.75) is 0 Å². The Morgan fingerprint density at radius 2 is 2.50 bits per heavy atom. The second-order valence-corrected chi connectivity index (χ2v) is 1.14. The van der Waals surface area contributed by atoms with Crippen LogP contribution in [0.3, 0.4) is 0 Å². The van der Waals surface area contributed by atoms with Crippen LogP contribution in [0.15, 0.2) is 12.4 Å². The number of nitrogens with one attached hydrogen (secondary N) is 1. The van der Waals surface area contributed by atoms with E-state index in [1.807, 2.05) is 0 Å². The lowest BCUT2D eigenvalue weighted by Gasteiger charge is -1.84. The molecule has 0 bridgehead atoms. The minimum Gasteiger partial charge on any atom is -0.257 e. The van der Waals surface area contributed by atoms with Crippen LogP contribution in [-0.4, -0.2) is 21.1 Å². The number of hydrogen-bond acceptors (Lipinski definition) is 3. The fourth-order valence-electron chi connectivity index (χ4n) is 0.313. The summed E-state index contributed by atoms with van der Waals surface area (Å²) in [6.07, 6.45) is 1.43. The van der Waals surface area contributed by atoms with E-state index in [0.717, 1.165) is 4.68 Å². The summed E-state index contributed by atoms with van der Waals surface area (Å²) < 4.78 is 12.4. The zero-order valence-electron chi connectivity index (χ0n) is 3.87. The third-order valence-electron chi connectivity index (χ3n) is 0.624. The zero-order chi connectivity index (χ0) is 5.98. The summed E-state index contributed by atoms with van der Waals surface area (Å²) in [6.45, 7) is 0.